The van der Waals surface area contributed by atoms with Gasteiger partial charge in [-0.25, -0.2) is 4.79 Å². The van der Waals surface area contributed by atoms with Crippen molar-refractivity contribution in [1.29, 1.82) is 0 Å². The van der Waals surface area contributed by atoms with E-state index in [0.717, 1.165) is 25.0 Å². The number of cyclic esters (lactones) is 1. The first-order valence-corrected chi connectivity index (χ1v) is 7.21. The highest BCUT2D eigenvalue weighted by atomic mass is 16.5. The average molecular weight is 254 g/mol. The van der Waals surface area contributed by atoms with E-state index in [1.165, 1.54) is 44.6 Å². The molecule has 3 heteroatoms. The summed E-state index contributed by atoms with van der Waals surface area (Å²) in [7, 11) is 1.61. The second-order valence-electron chi connectivity index (χ2n) is 4.99. The standard InChI is InChI=1S/C15H26O3/c1-3-4-5-6-7-8-9-10-13-11-14(17-2)12-15(16)18-13/h12-13H,3-11H2,1-2H3. The average Bonchev–Trinajstić information content (AvgIpc) is 2.37. The summed E-state index contributed by atoms with van der Waals surface area (Å²) in [6.07, 6.45) is 12.2. The van der Waals surface area contributed by atoms with Gasteiger partial charge in [0.2, 0.25) is 0 Å². The fourth-order valence-corrected chi connectivity index (χ4v) is 2.29. The number of esters is 1. The van der Waals surface area contributed by atoms with Crippen molar-refractivity contribution in [2.24, 2.45) is 0 Å². The van der Waals surface area contributed by atoms with E-state index >= 15 is 0 Å². The van der Waals surface area contributed by atoms with E-state index in [4.69, 9.17) is 9.47 Å². The Morgan fingerprint density at radius 1 is 1.22 bits per heavy atom. The van der Waals surface area contributed by atoms with Crippen LogP contribution in [0.1, 0.15) is 64.7 Å². The molecule has 0 amide bonds. The van der Waals surface area contributed by atoms with Crippen molar-refractivity contribution in [2.75, 3.05) is 7.11 Å². The topological polar surface area (TPSA) is 35.5 Å². The van der Waals surface area contributed by atoms with Crippen LogP contribution in [0.3, 0.4) is 0 Å². The number of ether oxygens (including phenoxy) is 2. The number of unbranched alkanes of at least 4 members (excludes halogenated alkanes) is 6. The summed E-state index contributed by atoms with van der Waals surface area (Å²) in [5, 5.41) is 0. The SMILES string of the molecule is CCCCCCCCCC1CC(OC)=CC(=O)O1. The van der Waals surface area contributed by atoms with Crippen LogP contribution in [0, 0.1) is 0 Å². The quantitative estimate of drug-likeness (QED) is 0.461. The molecule has 0 aromatic carbocycles. The lowest BCUT2D eigenvalue weighted by atomic mass is 10.0. The fraction of sp³-hybridized carbons (Fsp3) is 0.800. The molecule has 1 rings (SSSR count). The maximum Gasteiger partial charge on any atom is 0.334 e. The Morgan fingerprint density at radius 2 is 1.89 bits per heavy atom. The van der Waals surface area contributed by atoms with Crippen molar-refractivity contribution < 1.29 is 14.3 Å². The molecule has 0 radical (unpaired) electrons. The van der Waals surface area contributed by atoms with Crippen LogP contribution >= 0.6 is 0 Å². The molecule has 0 fully saturated rings. The highest BCUT2D eigenvalue weighted by molar-refractivity contribution is 5.83. The van der Waals surface area contributed by atoms with Gasteiger partial charge in [0.05, 0.1) is 13.2 Å². The van der Waals surface area contributed by atoms with Gasteiger partial charge in [-0.05, 0) is 12.8 Å². The maximum absolute atomic E-state index is 11.3. The van der Waals surface area contributed by atoms with Crippen LogP contribution in [0.4, 0.5) is 0 Å². The van der Waals surface area contributed by atoms with Crippen molar-refractivity contribution in [3.05, 3.63) is 11.8 Å². The predicted octanol–water partition coefficient (Wildman–Crippen LogP) is 3.97. The summed E-state index contributed by atoms with van der Waals surface area (Å²) in [4.78, 5) is 11.3. The Morgan fingerprint density at radius 3 is 2.56 bits per heavy atom. The predicted molar refractivity (Wildman–Crippen MR) is 72.2 cm³/mol. The van der Waals surface area contributed by atoms with Gasteiger partial charge in [-0.1, -0.05) is 45.4 Å². The smallest absolute Gasteiger partial charge is 0.334 e. The zero-order chi connectivity index (χ0) is 13.2. The van der Waals surface area contributed by atoms with Gasteiger partial charge in [0.15, 0.2) is 0 Å². The molecular formula is C15H26O3. The lowest BCUT2D eigenvalue weighted by Crippen LogP contribution is -2.23. The molecule has 1 aliphatic heterocycles. The Bertz CT molecular complexity index is 271. The summed E-state index contributed by atoms with van der Waals surface area (Å²) >= 11 is 0. The van der Waals surface area contributed by atoms with Gasteiger partial charge < -0.3 is 9.47 Å². The molecule has 1 atom stereocenters. The van der Waals surface area contributed by atoms with Crippen molar-refractivity contribution in [1.82, 2.24) is 0 Å². The van der Waals surface area contributed by atoms with E-state index in [1.807, 2.05) is 0 Å². The molecule has 3 nitrogen and oxygen atoms in total. The molecule has 0 aromatic heterocycles. The molecule has 1 unspecified atom stereocenters. The number of hydrogen-bond donors (Lipinski definition) is 0. The van der Waals surface area contributed by atoms with Crippen LogP contribution in [0.15, 0.2) is 11.8 Å². The van der Waals surface area contributed by atoms with Crippen molar-refractivity contribution in [3.63, 3.8) is 0 Å². The highest BCUT2D eigenvalue weighted by Crippen LogP contribution is 2.21. The Kier molecular flexibility index (Phi) is 7.54. The minimum absolute atomic E-state index is 0.0214. The van der Waals surface area contributed by atoms with E-state index in [2.05, 4.69) is 6.92 Å². The maximum atomic E-state index is 11.3. The molecule has 0 spiro atoms. The lowest BCUT2D eigenvalue weighted by Gasteiger charge is -2.22. The first-order valence-electron chi connectivity index (χ1n) is 7.21. The summed E-state index contributed by atoms with van der Waals surface area (Å²) in [6, 6.07) is 0. The largest absolute Gasteiger partial charge is 0.501 e. The van der Waals surface area contributed by atoms with Crippen LogP contribution in [0.25, 0.3) is 0 Å². The number of hydrogen-bond acceptors (Lipinski definition) is 3. The van der Waals surface area contributed by atoms with Crippen molar-refractivity contribution >= 4 is 5.97 Å². The third kappa shape index (κ3) is 6.08. The van der Waals surface area contributed by atoms with Crippen molar-refractivity contribution in [2.45, 2.75) is 70.8 Å². The molecule has 104 valence electrons. The summed E-state index contributed by atoms with van der Waals surface area (Å²) in [5.74, 6) is 0.491. The molecule has 18 heavy (non-hydrogen) atoms. The van der Waals surface area contributed by atoms with Gasteiger partial charge in [0.1, 0.15) is 11.9 Å². The van der Waals surface area contributed by atoms with Crippen LogP contribution in [-0.4, -0.2) is 19.2 Å². The van der Waals surface area contributed by atoms with E-state index < -0.39 is 0 Å². The molecule has 1 heterocycles. The minimum Gasteiger partial charge on any atom is -0.501 e. The molecule has 0 saturated carbocycles. The molecule has 0 aliphatic carbocycles. The summed E-state index contributed by atoms with van der Waals surface area (Å²) in [6.45, 7) is 2.23. The number of carbonyl (C=O) groups is 1. The first-order chi connectivity index (χ1) is 8.76. The van der Waals surface area contributed by atoms with Crippen LogP contribution in [0.5, 0.6) is 0 Å². The van der Waals surface area contributed by atoms with E-state index in [1.54, 1.807) is 7.11 Å². The zero-order valence-corrected chi connectivity index (χ0v) is 11.7. The zero-order valence-electron chi connectivity index (χ0n) is 11.7. The molecule has 0 aromatic rings. The van der Waals surface area contributed by atoms with E-state index in [0.29, 0.717) is 0 Å². The molecule has 1 aliphatic rings. The van der Waals surface area contributed by atoms with E-state index in [9.17, 15) is 4.79 Å². The Hall–Kier alpha value is -0.990. The second-order valence-corrected chi connectivity index (χ2v) is 4.99. The van der Waals surface area contributed by atoms with Crippen LogP contribution in [0.2, 0.25) is 0 Å². The minimum atomic E-state index is -0.258. The molecule has 0 bridgehead atoms. The van der Waals surface area contributed by atoms with Gasteiger partial charge in [-0.2, -0.15) is 0 Å². The first kappa shape index (κ1) is 15.1. The number of carbonyl (C=O) groups excluding carboxylic acids is 1. The van der Waals surface area contributed by atoms with Crippen LogP contribution in [-0.2, 0) is 14.3 Å². The molecular weight excluding hydrogens is 228 g/mol. The Labute approximate surface area is 111 Å². The third-order valence-electron chi connectivity index (χ3n) is 3.38. The van der Waals surface area contributed by atoms with Crippen molar-refractivity contribution in [3.8, 4) is 0 Å². The summed E-state index contributed by atoms with van der Waals surface area (Å²) in [5.41, 5.74) is 0. The molecule has 0 N–H and O–H groups in total. The summed E-state index contributed by atoms with van der Waals surface area (Å²) < 4.78 is 10.4. The van der Waals surface area contributed by atoms with E-state index in [-0.39, 0.29) is 12.1 Å². The van der Waals surface area contributed by atoms with Gasteiger partial charge in [0, 0.05) is 6.42 Å². The molecule has 0 saturated heterocycles. The highest BCUT2D eigenvalue weighted by Gasteiger charge is 2.21. The second kappa shape index (κ2) is 9.01. The van der Waals surface area contributed by atoms with Crippen LogP contribution < -0.4 is 0 Å². The normalized spacial score (nSPS) is 19.3. The van der Waals surface area contributed by atoms with Gasteiger partial charge in [-0.3, -0.25) is 0 Å². The van der Waals surface area contributed by atoms with Gasteiger partial charge >= 0.3 is 5.97 Å². The Balaban J connectivity index is 2.06. The fourth-order valence-electron chi connectivity index (χ4n) is 2.29. The third-order valence-corrected chi connectivity index (χ3v) is 3.38. The van der Waals surface area contributed by atoms with Gasteiger partial charge in [-0.15, -0.1) is 0 Å². The number of methoxy groups -OCH3 is 1. The lowest BCUT2D eigenvalue weighted by molar-refractivity contribution is -0.145. The number of rotatable bonds is 9. The monoisotopic (exact) mass is 254 g/mol. The van der Waals surface area contributed by atoms with Gasteiger partial charge in [0.25, 0.3) is 0 Å².